The normalized spacial score (nSPS) is 20.7. The molecule has 0 radical (unpaired) electrons. The Morgan fingerprint density at radius 1 is 1.44 bits per heavy atom. The van der Waals surface area contributed by atoms with Gasteiger partial charge in [0.05, 0.1) is 5.56 Å². The van der Waals surface area contributed by atoms with Crippen LogP contribution in [0.15, 0.2) is 18.2 Å². The number of hydrogen-bond donors (Lipinski definition) is 2. The minimum absolute atomic E-state index is 0.398. The molecule has 0 unspecified atom stereocenters. The molecule has 1 aliphatic rings. The molecule has 1 aromatic rings. The molecule has 0 aromatic heterocycles. The molecular formula is C13H17NO2. The first-order valence-corrected chi connectivity index (χ1v) is 5.75. The third-order valence-electron chi connectivity index (χ3n) is 3.19. The molecule has 0 amide bonds. The van der Waals surface area contributed by atoms with Crippen LogP contribution in [0.25, 0.3) is 0 Å². The number of piperidine rings is 1. The Morgan fingerprint density at radius 2 is 2.25 bits per heavy atom. The summed E-state index contributed by atoms with van der Waals surface area (Å²) in [5.74, 6) is -0.847. The minimum Gasteiger partial charge on any atom is -0.478 e. The van der Waals surface area contributed by atoms with Crippen LogP contribution < -0.4 is 5.32 Å². The average molecular weight is 219 g/mol. The Kier molecular flexibility index (Phi) is 3.25. The van der Waals surface area contributed by atoms with Crippen molar-refractivity contribution in [3.05, 3.63) is 34.9 Å². The van der Waals surface area contributed by atoms with Gasteiger partial charge in [-0.25, -0.2) is 4.79 Å². The van der Waals surface area contributed by atoms with E-state index in [2.05, 4.69) is 5.32 Å². The van der Waals surface area contributed by atoms with E-state index in [-0.39, 0.29) is 0 Å². The van der Waals surface area contributed by atoms with E-state index in [0.717, 1.165) is 18.5 Å². The van der Waals surface area contributed by atoms with Crippen molar-refractivity contribution in [3.63, 3.8) is 0 Å². The highest BCUT2D eigenvalue weighted by atomic mass is 16.4. The molecule has 86 valence electrons. The van der Waals surface area contributed by atoms with Crippen molar-refractivity contribution in [3.8, 4) is 0 Å². The van der Waals surface area contributed by atoms with Gasteiger partial charge in [-0.1, -0.05) is 18.6 Å². The van der Waals surface area contributed by atoms with Crippen molar-refractivity contribution >= 4 is 5.97 Å². The lowest BCUT2D eigenvalue weighted by Gasteiger charge is -2.24. The number of rotatable bonds is 2. The highest BCUT2D eigenvalue weighted by Crippen LogP contribution is 2.24. The molecule has 1 atom stereocenters. The van der Waals surface area contributed by atoms with E-state index in [9.17, 15) is 4.79 Å². The van der Waals surface area contributed by atoms with Gasteiger partial charge in [-0.3, -0.25) is 0 Å². The number of aromatic carboxylic acids is 1. The second kappa shape index (κ2) is 4.66. The van der Waals surface area contributed by atoms with E-state index < -0.39 is 5.97 Å². The maximum absolute atomic E-state index is 10.9. The molecule has 3 heteroatoms. The van der Waals surface area contributed by atoms with E-state index in [4.69, 9.17) is 5.11 Å². The lowest BCUT2D eigenvalue weighted by atomic mass is 9.95. The Bertz CT molecular complexity index is 395. The van der Waals surface area contributed by atoms with Gasteiger partial charge in [0, 0.05) is 6.04 Å². The second-order valence-corrected chi connectivity index (χ2v) is 4.38. The van der Waals surface area contributed by atoms with Crippen LogP contribution >= 0.6 is 0 Å². The molecule has 1 heterocycles. The van der Waals surface area contributed by atoms with Crippen LogP contribution in [0.5, 0.6) is 0 Å². The Hall–Kier alpha value is -1.35. The predicted octanol–water partition coefficient (Wildman–Crippen LogP) is 2.51. The summed E-state index contributed by atoms with van der Waals surface area (Å²) in [4.78, 5) is 10.9. The zero-order valence-corrected chi connectivity index (χ0v) is 9.49. The average Bonchev–Trinajstić information content (AvgIpc) is 2.29. The van der Waals surface area contributed by atoms with Gasteiger partial charge in [-0.2, -0.15) is 0 Å². The lowest BCUT2D eigenvalue weighted by Crippen LogP contribution is -2.26. The Balaban J connectivity index is 2.23. The molecule has 1 aliphatic heterocycles. The molecule has 1 aromatic carbocycles. The van der Waals surface area contributed by atoms with Crippen LogP contribution in [0.3, 0.4) is 0 Å². The third-order valence-corrected chi connectivity index (χ3v) is 3.19. The van der Waals surface area contributed by atoms with Gasteiger partial charge in [0.1, 0.15) is 0 Å². The molecular weight excluding hydrogens is 202 g/mol. The smallest absolute Gasteiger partial charge is 0.335 e. The Morgan fingerprint density at radius 3 is 2.81 bits per heavy atom. The van der Waals surface area contributed by atoms with Crippen molar-refractivity contribution in [1.82, 2.24) is 5.32 Å². The molecule has 0 spiro atoms. The molecule has 2 N–H and O–H groups in total. The molecule has 1 fully saturated rings. The number of nitrogens with one attached hydrogen (secondary N) is 1. The van der Waals surface area contributed by atoms with Crippen molar-refractivity contribution in [2.24, 2.45) is 0 Å². The highest BCUT2D eigenvalue weighted by Gasteiger charge is 2.16. The van der Waals surface area contributed by atoms with E-state index in [1.165, 1.54) is 18.4 Å². The van der Waals surface area contributed by atoms with Gasteiger partial charge in [-0.05, 0) is 43.5 Å². The molecule has 16 heavy (non-hydrogen) atoms. The van der Waals surface area contributed by atoms with Crippen molar-refractivity contribution in [2.75, 3.05) is 6.54 Å². The van der Waals surface area contributed by atoms with E-state index in [0.29, 0.717) is 11.6 Å². The first-order chi connectivity index (χ1) is 7.68. The lowest BCUT2D eigenvalue weighted by molar-refractivity contribution is 0.0696. The topological polar surface area (TPSA) is 49.3 Å². The largest absolute Gasteiger partial charge is 0.478 e. The number of hydrogen-bond acceptors (Lipinski definition) is 2. The van der Waals surface area contributed by atoms with Crippen LogP contribution in [-0.2, 0) is 0 Å². The maximum Gasteiger partial charge on any atom is 0.335 e. The fourth-order valence-electron chi connectivity index (χ4n) is 2.28. The van der Waals surface area contributed by atoms with Gasteiger partial charge >= 0.3 is 5.97 Å². The molecule has 2 rings (SSSR count). The first kappa shape index (κ1) is 11.1. The van der Waals surface area contributed by atoms with E-state index >= 15 is 0 Å². The monoisotopic (exact) mass is 219 g/mol. The van der Waals surface area contributed by atoms with Crippen molar-refractivity contribution < 1.29 is 9.90 Å². The van der Waals surface area contributed by atoms with Gasteiger partial charge in [0.2, 0.25) is 0 Å². The third kappa shape index (κ3) is 2.25. The molecule has 3 nitrogen and oxygen atoms in total. The molecule has 0 bridgehead atoms. The number of carboxylic acid groups (broad SMARTS) is 1. The van der Waals surface area contributed by atoms with Crippen LogP contribution in [0, 0.1) is 6.92 Å². The summed E-state index contributed by atoms with van der Waals surface area (Å²) in [5, 5.41) is 12.4. The fourth-order valence-corrected chi connectivity index (χ4v) is 2.28. The fraction of sp³-hybridized carbons (Fsp3) is 0.462. The number of benzene rings is 1. The maximum atomic E-state index is 10.9. The first-order valence-electron chi connectivity index (χ1n) is 5.75. The second-order valence-electron chi connectivity index (χ2n) is 4.38. The highest BCUT2D eigenvalue weighted by molar-refractivity contribution is 5.89. The summed E-state index contributed by atoms with van der Waals surface area (Å²) >= 11 is 0. The van der Waals surface area contributed by atoms with E-state index in [1.54, 1.807) is 6.07 Å². The summed E-state index contributed by atoms with van der Waals surface area (Å²) in [6.07, 6.45) is 3.63. The van der Waals surface area contributed by atoms with Gasteiger partial charge < -0.3 is 10.4 Å². The zero-order valence-electron chi connectivity index (χ0n) is 9.49. The summed E-state index contributed by atoms with van der Waals surface area (Å²) in [6.45, 7) is 2.92. The summed E-state index contributed by atoms with van der Waals surface area (Å²) in [5.41, 5.74) is 2.46. The molecule has 0 aliphatic carbocycles. The van der Waals surface area contributed by atoms with Crippen molar-refractivity contribution in [1.29, 1.82) is 0 Å². The van der Waals surface area contributed by atoms with Gasteiger partial charge in [0.25, 0.3) is 0 Å². The van der Waals surface area contributed by atoms with Crippen LogP contribution in [-0.4, -0.2) is 17.6 Å². The molecule has 1 saturated heterocycles. The van der Waals surface area contributed by atoms with Crippen molar-refractivity contribution in [2.45, 2.75) is 32.2 Å². The van der Waals surface area contributed by atoms with Crippen LogP contribution in [0.2, 0.25) is 0 Å². The summed E-state index contributed by atoms with van der Waals surface area (Å²) < 4.78 is 0. The summed E-state index contributed by atoms with van der Waals surface area (Å²) in [7, 11) is 0. The standard InChI is InChI=1S/C13H17NO2/c1-9-8-10(5-6-11(9)13(15)16)12-4-2-3-7-14-12/h5-6,8,12,14H,2-4,7H2,1H3,(H,15,16)/t12-/m0/s1. The summed E-state index contributed by atoms with van der Waals surface area (Å²) in [6, 6.07) is 6.03. The minimum atomic E-state index is -0.847. The predicted molar refractivity (Wildman–Crippen MR) is 62.7 cm³/mol. The van der Waals surface area contributed by atoms with Crippen LogP contribution in [0.1, 0.15) is 46.8 Å². The molecule has 0 saturated carbocycles. The van der Waals surface area contributed by atoms with Gasteiger partial charge in [-0.15, -0.1) is 0 Å². The number of carboxylic acids is 1. The van der Waals surface area contributed by atoms with E-state index in [1.807, 2.05) is 19.1 Å². The Labute approximate surface area is 95.5 Å². The number of aryl methyl sites for hydroxylation is 1. The SMILES string of the molecule is Cc1cc([C@@H]2CCCCN2)ccc1C(=O)O. The van der Waals surface area contributed by atoms with Crippen LogP contribution in [0.4, 0.5) is 0 Å². The number of carbonyl (C=O) groups is 1. The zero-order chi connectivity index (χ0) is 11.5. The quantitative estimate of drug-likeness (QED) is 0.803. The van der Waals surface area contributed by atoms with Gasteiger partial charge in [0.15, 0.2) is 0 Å².